The SMILES string of the molecule is CCOc1cccc(C(CN)NC)c1. The normalized spacial score (nSPS) is 12.5. The smallest absolute Gasteiger partial charge is 0.119 e. The van der Waals surface area contributed by atoms with E-state index in [9.17, 15) is 0 Å². The molecule has 78 valence electrons. The lowest BCUT2D eigenvalue weighted by Gasteiger charge is -2.15. The monoisotopic (exact) mass is 194 g/mol. The molecule has 0 heterocycles. The van der Waals surface area contributed by atoms with E-state index < -0.39 is 0 Å². The maximum absolute atomic E-state index is 5.64. The van der Waals surface area contributed by atoms with E-state index in [2.05, 4.69) is 11.4 Å². The predicted octanol–water partition coefficient (Wildman–Crippen LogP) is 1.30. The van der Waals surface area contributed by atoms with Crippen molar-refractivity contribution in [1.82, 2.24) is 5.32 Å². The van der Waals surface area contributed by atoms with Gasteiger partial charge in [0.15, 0.2) is 0 Å². The Morgan fingerprint density at radius 3 is 2.86 bits per heavy atom. The third kappa shape index (κ3) is 2.72. The Balaban J connectivity index is 2.81. The van der Waals surface area contributed by atoms with Crippen LogP contribution in [0.1, 0.15) is 18.5 Å². The second-order valence-electron chi connectivity index (χ2n) is 3.08. The van der Waals surface area contributed by atoms with Gasteiger partial charge in [0.05, 0.1) is 6.61 Å². The van der Waals surface area contributed by atoms with Gasteiger partial charge in [-0.25, -0.2) is 0 Å². The van der Waals surface area contributed by atoms with Crippen molar-refractivity contribution < 1.29 is 4.74 Å². The minimum Gasteiger partial charge on any atom is -0.494 e. The van der Waals surface area contributed by atoms with Gasteiger partial charge in [-0.1, -0.05) is 12.1 Å². The van der Waals surface area contributed by atoms with Gasteiger partial charge in [-0.05, 0) is 31.7 Å². The highest BCUT2D eigenvalue weighted by Gasteiger charge is 2.06. The molecule has 0 aliphatic rings. The van der Waals surface area contributed by atoms with Crippen molar-refractivity contribution in [3.05, 3.63) is 29.8 Å². The van der Waals surface area contributed by atoms with Crippen LogP contribution in [0.15, 0.2) is 24.3 Å². The van der Waals surface area contributed by atoms with Crippen LogP contribution >= 0.6 is 0 Å². The Labute approximate surface area is 85.3 Å². The van der Waals surface area contributed by atoms with E-state index in [1.807, 2.05) is 32.2 Å². The van der Waals surface area contributed by atoms with E-state index in [4.69, 9.17) is 10.5 Å². The quantitative estimate of drug-likeness (QED) is 0.743. The average Bonchev–Trinajstić information content (AvgIpc) is 2.21. The summed E-state index contributed by atoms with van der Waals surface area (Å²) in [5.41, 5.74) is 6.80. The standard InChI is InChI=1S/C11H18N2O/c1-3-14-10-6-4-5-9(7-10)11(8-12)13-2/h4-7,11,13H,3,8,12H2,1-2H3. The van der Waals surface area contributed by atoms with Crippen molar-refractivity contribution in [3.63, 3.8) is 0 Å². The molecule has 1 aromatic rings. The van der Waals surface area contributed by atoms with Gasteiger partial charge in [0.1, 0.15) is 5.75 Å². The highest BCUT2D eigenvalue weighted by molar-refractivity contribution is 5.30. The average molecular weight is 194 g/mol. The first kappa shape index (κ1) is 11.0. The molecule has 0 spiro atoms. The van der Waals surface area contributed by atoms with E-state index in [0.29, 0.717) is 13.2 Å². The Morgan fingerprint density at radius 2 is 2.29 bits per heavy atom. The fourth-order valence-electron chi connectivity index (χ4n) is 1.41. The molecule has 14 heavy (non-hydrogen) atoms. The van der Waals surface area contributed by atoms with Gasteiger partial charge in [-0.2, -0.15) is 0 Å². The zero-order valence-corrected chi connectivity index (χ0v) is 8.79. The molecule has 3 heteroatoms. The van der Waals surface area contributed by atoms with E-state index in [-0.39, 0.29) is 6.04 Å². The number of nitrogens with one attached hydrogen (secondary N) is 1. The lowest BCUT2D eigenvalue weighted by molar-refractivity contribution is 0.339. The molecular weight excluding hydrogens is 176 g/mol. The summed E-state index contributed by atoms with van der Waals surface area (Å²) in [7, 11) is 1.91. The van der Waals surface area contributed by atoms with Gasteiger partial charge in [0, 0.05) is 12.6 Å². The molecular formula is C11H18N2O. The lowest BCUT2D eigenvalue weighted by atomic mass is 10.1. The van der Waals surface area contributed by atoms with E-state index in [1.54, 1.807) is 0 Å². The fraction of sp³-hybridized carbons (Fsp3) is 0.455. The highest BCUT2D eigenvalue weighted by Crippen LogP contribution is 2.18. The molecule has 0 amide bonds. The molecule has 0 bridgehead atoms. The van der Waals surface area contributed by atoms with Crippen LogP contribution in [-0.2, 0) is 0 Å². The minimum absolute atomic E-state index is 0.204. The molecule has 1 unspecified atom stereocenters. The van der Waals surface area contributed by atoms with Crippen molar-refractivity contribution in [2.75, 3.05) is 20.2 Å². The van der Waals surface area contributed by atoms with Gasteiger partial charge in [0.25, 0.3) is 0 Å². The van der Waals surface area contributed by atoms with Crippen molar-refractivity contribution in [1.29, 1.82) is 0 Å². The van der Waals surface area contributed by atoms with E-state index in [0.717, 1.165) is 5.75 Å². The first-order valence-electron chi connectivity index (χ1n) is 4.92. The Bertz CT molecular complexity index is 272. The molecule has 1 atom stereocenters. The lowest BCUT2D eigenvalue weighted by Crippen LogP contribution is -2.24. The molecule has 1 rings (SSSR count). The molecule has 1 aromatic carbocycles. The summed E-state index contributed by atoms with van der Waals surface area (Å²) < 4.78 is 5.42. The van der Waals surface area contributed by atoms with Crippen LogP contribution in [0.2, 0.25) is 0 Å². The molecule has 3 nitrogen and oxygen atoms in total. The molecule has 3 N–H and O–H groups in total. The van der Waals surface area contributed by atoms with Gasteiger partial charge in [0.2, 0.25) is 0 Å². The fourth-order valence-corrected chi connectivity index (χ4v) is 1.41. The van der Waals surface area contributed by atoms with Crippen LogP contribution in [-0.4, -0.2) is 20.2 Å². The van der Waals surface area contributed by atoms with Gasteiger partial charge < -0.3 is 15.8 Å². The van der Waals surface area contributed by atoms with E-state index >= 15 is 0 Å². The van der Waals surface area contributed by atoms with Gasteiger partial charge >= 0.3 is 0 Å². The number of benzene rings is 1. The van der Waals surface area contributed by atoms with Gasteiger partial charge in [-0.15, -0.1) is 0 Å². The Hall–Kier alpha value is -1.06. The number of hydrogen-bond acceptors (Lipinski definition) is 3. The maximum atomic E-state index is 5.64. The van der Waals surface area contributed by atoms with Crippen LogP contribution in [0.5, 0.6) is 5.75 Å². The third-order valence-corrected chi connectivity index (χ3v) is 2.16. The molecule has 0 aliphatic heterocycles. The summed E-state index contributed by atoms with van der Waals surface area (Å²) in [6.07, 6.45) is 0. The first-order chi connectivity index (χ1) is 6.81. The number of ether oxygens (including phenoxy) is 1. The van der Waals surface area contributed by atoms with Crippen LogP contribution in [0.4, 0.5) is 0 Å². The highest BCUT2D eigenvalue weighted by atomic mass is 16.5. The number of likely N-dealkylation sites (N-methyl/N-ethyl adjacent to an activating group) is 1. The molecule has 0 radical (unpaired) electrons. The zero-order chi connectivity index (χ0) is 10.4. The molecule has 0 saturated heterocycles. The van der Waals surface area contributed by atoms with Crippen LogP contribution < -0.4 is 15.8 Å². The topological polar surface area (TPSA) is 47.3 Å². The van der Waals surface area contributed by atoms with Gasteiger partial charge in [-0.3, -0.25) is 0 Å². The predicted molar refractivity (Wildman–Crippen MR) is 58.5 cm³/mol. The summed E-state index contributed by atoms with van der Waals surface area (Å²) >= 11 is 0. The van der Waals surface area contributed by atoms with Crippen LogP contribution in [0.3, 0.4) is 0 Å². The zero-order valence-electron chi connectivity index (χ0n) is 8.79. The molecule has 0 aliphatic carbocycles. The van der Waals surface area contributed by atoms with Crippen molar-refractivity contribution >= 4 is 0 Å². The number of nitrogens with two attached hydrogens (primary N) is 1. The number of hydrogen-bond donors (Lipinski definition) is 2. The van der Waals surface area contributed by atoms with Crippen LogP contribution in [0.25, 0.3) is 0 Å². The summed E-state index contributed by atoms with van der Waals surface area (Å²) in [6.45, 7) is 3.26. The van der Waals surface area contributed by atoms with Crippen molar-refractivity contribution in [3.8, 4) is 5.75 Å². The summed E-state index contributed by atoms with van der Waals surface area (Å²) in [5, 5.41) is 3.16. The Kier molecular flexibility index (Phi) is 4.43. The second-order valence-corrected chi connectivity index (χ2v) is 3.08. The van der Waals surface area contributed by atoms with Crippen molar-refractivity contribution in [2.24, 2.45) is 5.73 Å². The third-order valence-electron chi connectivity index (χ3n) is 2.16. The second kappa shape index (κ2) is 5.62. The largest absolute Gasteiger partial charge is 0.494 e. The summed E-state index contributed by atoms with van der Waals surface area (Å²) in [6, 6.07) is 8.22. The number of rotatable bonds is 5. The van der Waals surface area contributed by atoms with E-state index in [1.165, 1.54) is 5.56 Å². The Morgan fingerprint density at radius 1 is 1.50 bits per heavy atom. The summed E-state index contributed by atoms with van der Waals surface area (Å²) in [5.74, 6) is 0.902. The van der Waals surface area contributed by atoms with Crippen LogP contribution in [0, 0.1) is 0 Å². The molecule has 0 saturated carbocycles. The van der Waals surface area contributed by atoms with Crippen molar-refractivity contribution in [2.45, 2.75) is 13.0 Å². The molecule has 0 aromatic heterocycles. The maximum Gasteiger partial charge on any atom is 0.119 e. The molecule has 0 fully saturated rings. The first-order valence-corrected chi connectivity index (χ1v) is 4.92. The summed E-state index contributed by atoms with van der Waals surface area (Å²) in [4.78, 5) is 0. The minimum atomic E-state index is 0.204.